The Kier molecular flexibility index (Phi) is 5.26. The van der Waals surface area contributed by atoms with Gasteiger partial charge in [-0.05, 0) is 55.5 Å². The third-order valence-electron chi connectivity index (χ3n) is 6.19. The molecule has 1 aliphatic heterocycles. The Balaban J connectivity index is 1.37. The highest BCUT2D eigenvalue weighted by atomic mass is 19.4. The standard InChI is InChI=1S/C24H21F3N4O2/c1-14-8-17(18-4-2-3-7-28-18)22(30-11-14)23(32)31-13-15-9-19(31)20(10-15)33-21-6-5-16(12-29-21)24(25,26)27/h2-8,11-12,15,19-20H,9-10,13H2,1H3/t15-,19+,20-/m1/s1. The van der Waals surface area contributed by atoms with E-state index in [9.17, 15) is 18.0 Å². The molecule has 2 bridgehead atoms. The van der Waals surface area contributed by atoms with Crippen LogP contribution in [0.3, 0.4) is 0 Å². The van der Waals surface area contributed by atoms with Crippen LogP contribution < -0.4 is 4.74 Å². The predicted octanol–water partition coefficient (Wildman–Crippen LogP) is 4.55. The van der Waals surface area contributed by atoms with Gasteiger partial charge in [-0.1, -0.05) is 6.07 Å². The molecule has 4 heterocycles. The molecule has 0 N–H and O–H groups in total. The van der Waals surface area contributed by atoms with Crippen LogP contribution >= 0.6 is 0 Å². The predicted molar refractivity (Wildman–Crippen MR) is 113 cm³/mol. The molecule has 6 nitrogen and oxygen atoms in total. The number of ether oxygens (including phenoxy) is 1. The summed E-state index contributed by atoms with van der Waals surface area (Å²) in [4.78, 5) is 27.9. The quantitative estimate of drug-likeness (QED) is 0.579. The molecule has 170 valence electrons. The molecule has 5 rings (SSSR count). The van der Waals surface area contributed by atoms with Gasteiger partial charge in [0.15, 0.2) is 0 Å². The summed E-state index contributed by atoms with van der Waals surface area (Å²) in [5.74, 6) is 0.189. The minimum Gasteiger partial charge on any atom is -0.472 e. The van der Waals surface area contributed by atoms with Crippen LogP contribution in [-0.2, 0) is 6.18 Å². The van der Waals surface area contributed by atoms with E-state index in [2.05, 4.69) is 15.0 Å². The average Bonchev–Trinajstić information content (AvgIpc) is 3.40. The van der Waals surface area contributed by atoms with E-state index in [0.717, 1.165) is 30.7 Å². The Morgan fingerprint density at radius 2 is 1.94 bits per heavy atom. The summed E-state index contributed by atoms with van der Waals surface area (Å²) < 4.78 is 44.3. The van der Waals surface area contributed by atoms with Crippen molar-refractivity contribution in [1.29, 1.82) is 0 Å². The van der Waals surface area contributed by atoms with Crippen molar-refractivity contribution in [2.24, 2.45) is 5.92 Å². The van der Waals surface area contributed by atoms with Gasteiger partial charge in [0, 0.05) is 36.8 Å². The van der Waals surface area contributed by atoms with Crippen molar-refractivity contribution in [3.05, 3.63) is 71.8 Å². The highest BCUT2D eigenvalue weighted by Crippen LogP contribution is 2.41. The number of fused-ring (bicyclic) bond motifs is 2. The summed E-state index contributed by atoms with van der Waals surface area (Å²) in [6.07, 6.45) is 0.821. The van der Waals surface area contributed by atoms with Gasteiger partial charge >= 0.3 is 6.18 Å². The summed E-state index contributed by atoms with van der Waals surface area (Å²) in [6.45, 7) is 2.51. The second-order valence-electron chi connectivity index (χ2n) is 8.53. The van der Waals surface area contributed by atoms with Gasteiger partial charge < -0.3 is 9.64 Å². The van der Waals surface area contributed by atoms with Gasteiger partial charge in [-0.25, -0.2) is 4.98 Å². The maximum absolute atomic E-state index is 13.5. The number of hydrogen-bond acceptors (Lipinski definition) is 5. The van der Waals surface area contributed by atoms with Crippen LogP contribution in [0.1, 0.15) is 34.5 Å². The Morgan fingerprint density at radius 3 is 2.61 bits per heavy atom. The fourth-order valence-corrected chi connectivity index (χ4v) is 4.69. The molecule has 3 aromatic rings. The number of nitrogens with zero attached hydrogens (tertiary/aromatic N) is 4. The second kappa shape index (κ2) is 8.13. The van der Waals surface area contributed by atoms with Gasteiger partial charge in [0.1, 0.15) is 11.8 Å². The Hall–Kier alpha value is -3.49. The first kappa shape index (κ1) is 21.4. The molecule has 0 aromatic carbocycles. The van der Waals surface area contributed by atoms with Gasteiger partial charge in [-0.15, -0.1) is 0 Å². The van der Waals surface area contributed by atoms with Gasteiger partial charge in [0.2, 0.25) is 5.88 Å². The van der Waals surface area contributed by atoms with E-state index in [1.807, 2.05) is 31.2 Å². The summed E-state index contributed by atoms with van der Waals surface area (Å²) in [6, 6.07) is 9.40. The molecule has 2 aliphatic rings. The normalized spacial score (nSPS) is 21.9. The minimum absolute atomic E-state index is 0.121. The zero-order valence-corrected chi connectivity index (χ0v) is 17.8. The number of rotatable bonds is 4. The van der Waals surface area contributed by atoms with Crippen LogP contribution in [0.2, 0.25) is 0 Å². The van der Waals surface area contributed by atoms with Crippen LogP contribution in [0.4, 0.5) is 13.2 Å². The fraction of sp³-hybridized carbons (Fsp3) is 0.333. The number of carbonyl (C=O) groups is 1. The molecule has 1 saturated carbocycles. The van der Waals surface area contributed by atoms with E-state index < -0.39 is 11.7 Å². The number of piperidine rings is 1. The number of halogens is 3. The van der Waals surface area contributed by atoms with Crippen LogP contribution in [-0.4, -0.2) is 44.4 Å². The number of aryl methyl sites for hydroxylation is 1. The van der Waals surface area contributed by atoms with Crippen LogP contribution in [0.25, 0.3) is 11.3 Å². The van der Waals surface area contributed by atoms with E-state index >= 15 is 0 Å². The van der Waals surface area contributed by atoms with Crippen molar-refractivity contribution in [2.45, 2.75) is 38.1 Å². The monoisotopic (exact) mass is 454 g/mol. The molecule has 9 heteroatoms. The van der Waals surface area contributed by atoms with Gasteiger partial charge in [-0.3, -0.25) is 14.8 Å². The van der Waals surface area contributed by atoms with E-state index in [1.165, 1.54) is 6.07 Å². The van der Waals surface area contributed by atoms with Crippen LogP contribution in [0.5, 0.6) is 5.88 Å². The van der Waals surface area contributed by atoms with E-state index in [0.29, 0.717) is 23.5 Å². The number of amides is 1. The summed E-state index contributed by atoms with van der Waals surface area (Å²) in [7, 11) is 0. The molecule has 3 aromatic heterocycles. The lowest BCUT2D eigenvalue weighted by atomic mass is 10.0. The molecular formula is C24H21F3N4O2. The van der Waals surface area contributed by atoms with Crippen molar-refractivity contribution in [3.8, 4) is 17.1 Å². The third kappa shape index (κ3) is 4.15. The molecule has 0 unspecified atom stereocenters. The number of alkyl halides is 3. The van der Waals surface area contributed by atoms with Crippen molar-refractivity contribution < 1.29 is 22.7 Å². The number of likely N-dealkylation sites (tertiary alicyclic amines) is 1. The zero-order chi connectivity index (χ0) is 23.2. The van der Waals surface area contributed by atoms with Gasteiger partial charge in [-0.2, -0.15) is 13.2 Å². The summed E-state index contributed by atoms with van der Waals surface area (Å²) >= 11 is 0. The van der Waals surface area contributed by atoms with Crippen molar-refractivity contribution >= 4 is 5.91 Å². The Morgan fingerprint density at radius 1 is 1.09 bits per heavy atom. The minimum atomic E-state index is -4.45. The molecule has 0 spiro atoms. The fourth-order valence-electron chi connectivity index (χ4n) is 4.69. The molecular weight excluding hydrogens is 433 g/mol. The smallest absolute Gasteiger partial charge is 0.417 e. The molecule has 2 fully saturated rings. The Labute approximate surface area is 188 Å². The SMILES string of the molecule is Cc1cnc(C(=O)N2C[C@H]3C[C@@H](Oc4ccc(C(F)(F)F)cn4)[C@@H]2C3)c(-c2ccccn2)c1. The van der Waals surface area contributed by atoms with E-state index in [4.69, 9.17) is 4.74 Å². The lowest BCUT2D eigenvalue weighted by Gasteiger charge is -2.33. The summed E-state index contributed by atoms with van der Waals surface area (Å²) in [5.41, 5.74) is 1.77. The molecule has 1 saturated heterocycles. The molecule has 3 atom stereocenters. The number of pyridine rings is 3. The molecule has 1 aliphatic carbocycles. The second-order valence-corrected chi connectivity index (χ2v) is 8.53. The highest BCUT2D eigenvalue weighted by molar-refractivity contribution is 5.99. The maximum Gasteiger partial charge on any atom is 0.417 e. The zero-order valence-electron chi connectivity index (χ0n) is 17.8. The Bertz CT molecular complexity index is 1170. The van der Waals surface area contributed by atoms with Crippen molar-refractivity contribution in [1.82, 2.24) is 19.9 Å². The highest BCUT2D eigenvalue weighted by Gasteiger charge is 2.49. The average molecular weight is 454 g/mol. The van der Waals surface area contributed by atoms with E-state index in [1.54, 1.807) is 17.3 Å². The van der Waals surface area contributed by atoms with Crippen molar-refractivity contribution in [3.63, 3.8) is 0 Å². The number of aromatic nitrogens is 3. The number of hydrogen-bond donors (Lipinski definition) is 0. The topological polar surface area (TPSA) is 68.2 Å². The largest absolute Gasteiger partial charge is 0.472 e. The molecule has 33 heavy (non-hydrogen) atoms. The van der Waals surface area contributed by atoms with Gasteiger partial charge in [0.25, 0.3) is 5.91 Å². The maximum atomic E-state index is 13.5. The van der Waals surface area contributed by atoms with Crippen molar-refractivity contribution in [2.75, 3.05) is 6.54 Å². The van der Waals surface area contributed by atoms with Crippen LogP contribution in [0.15, 0.2) is 55.0 Å². The number of carbonyl (C=O) groups excluding carboxylic acids is 1. The van der Waals surface area contributed by atoms with Gasteiger partial charge in [0.05, 0.1) is 17.3 Å². The first-order chi connectivity index (χ1) is 15.8. The summed E-state index contributed by atoms with van der Waals surface area (Å²) in [5, 5.41) is 0. The van der Waals surface area contributed by atoms with Crippen LogP contribution in [0, 0.1) is 12.8 Å². The molecule has 0 radical (unpaired) electrons. The third-order valence-corrected chi connectivity index (χ3v) is 6.19. The first-order valence-corrected chi connectivity index (χ1v) is 10.7. The first-order valence-electron chi connectivity index (χ1n) is 10.7. The molecule has 1 amide bonds. The lowest BCUT2D eigenvalue weighted by molar-refractivity contribution is -0.137. The lowest BCUT2D eigenvalue weighted by Crippen LogP contribution is -2.47. The van der Waals surface area contributed by atoms with E-state index in [-0.39, 0.29) is 29.9 Å².